The quantitative estimate of drug-likeness (QED) is 0.524. The van der Waals surface area contributed by atoms with Crippen molar-refractivity contribution >= 4 is 40.3 Å². The van der Waals surface area contributed by atoms with Crippen LogP contribution in [0.1, 0.15) is 44.1 Å². The Balaban J connectivity index is 1.68. The molecule has 2 heterocycles. The minimum atomic E-state index is -0.468. The number of imidazole rings is 1. The second kappa shape index (κ2) is 9.91. The predicted molar refractivity (Wildman–Crippen MR) is 131 cm³/mol. The zero-order valence-corrected chi connectivity index (χ0v) is 20.4. The average Bonchev–Trinajstić information content (AvgIpc) is 3.14. The first-order valence-corrected chi connectivity index (χ1v) is 12.0. The number of hydrogen-bond donors (Lipinski definition) is 2. The van der Waals surface area contributed by atoms with Crippen LogP contribution >= 0.6 is 23.2 Å². The molecule has 8 nitrogen and oxygen atoms in total. The van der Waals surface area contributed by atoms with Crippen LogP contribution < -0.4 is 16.6 Å². The van der Waals surface area contributed by atoms with Gasteiger partial charge in [0.05, 0.1) is 29.2 Å². The smallest absolute Gasteiger partial charge is 0.332 e. The van der Waals surface area contributed by atoms with E-state index >= 15 is 0 Å². The van der Waals surface area contributed by atoms with E-state index in [1.54, 1.807) is 36.9 Å². The fraction of sp³-hybridized carbons (Fsp3) is 0.522. The van der Waals surface area contributed by atoms with Crippen LogP contribution in [0.3, 0.4) is 0 Å². The summed E-state index contributed by atoms with van der Waals surface area (Å²) in [5.74, 6) is 1.03. The number of aliphatic hydroxyl groups excluding tert-OH is 1. The summed E-state index contributed by atoms with van der Waals surface area (Å²) in [4.78, 5) is 30.8. The van der Waals surface area contributed by atoms with Gasteiger partial charge in [-0.3, -0.25) is 13.9 Å². The number of halogens is 2. The molecule has 0 radical (unpaired) electrons. The molecule has 1 aliphatic rings. The van der Waals surface area contributed by atoms with Crippen molar-refractivity contribution in [3.8, 4) is 0 Å². The van der Waals surface area contributed by atoms with Gasteiger partial charge in [-0.15, -0.1) is 0 Å². The normalized spacial score (nSPS) is 15.8. The van der Waals surface area contributed by atoms with Crippen LogP contribution in [0.2, 0.25) is 10.0 Å². The van der Waals surface area contributed by atoms with Crippen LogP contribution in [0.25, 0.3) is 11.2 Å². The first-order valence-electron chi connectivity index (χ1n) is 11.3. The summed E-state index contributed by atoms with van der Waals surface area (Å²) in [6.45, 7) is 0.0351. The predicted octanol–water partition coefficient (Wildman–Crippen LogP) is 3.53. The Morgan fingerprint density at radius 1 is 1.12 bits per heavy atom. The van der Waals surface area contributed by atoms with Gasteiger partial charge >= 0.3 is 5.69 Å². The minimum Gasteiger partial charge on any atom is -0.394 e. The van der Waals surface area contributed by atoms with E-state index in [0.29, 0.717) is 38.6 Å². The summed E-state index contributed by atoms with van der Waals surface area (Å²) in [5, 5.41) is 14.0. The Hall–Kier alpha value is -2.29. The standard InChI is InChI=1S/C23H29Cl2N5O3/c1-28-19-20(27-22(28)26-16(13-31)10-14-6-4-3-5-7-14)29(2)23(33)30(21(19)32)12-15-8-9-17(24)18(25)11-15/h8-9,11,14,16,31H,3-7,10,12-13H2,1-2H3,(H,26,27)/t16-/m0/s1. The molecule has 2 aromatic heterocycles. The van der Waals surface area contributed by atoms with Crippen molar-refractivity contribution in [3.05, 3.63) is 54.6 Å². The fourth-order valence-electron chi connectivity index (χ4n) is 4.72. The molecule has 0 amide bonds. The summed E-state index contributed by atoms with van der Waals surface area (Å²) < 4.78 is 4.19. The van der Waals surface area contributed by atoms with E-state index in [2.05, 4.69) is 10.3 Å². The van der Waals surface area contributed by atoms with Crippen LogP contribution in [-0.4, -0.2) is 36.4 Å². The summed E-state index contributed by atoms with van der Waals surface area (Å²) in [5.41, 5.74) is 0.402. The van der Waals surface area contributed by atoms with Crippen molar-refractivity contribution in [1.29, 1.82) is 0 Å². The van der Waals surface area contributed by atoms with Gasteiger partial charge in [-0.25, -0.2) is 4.79 Å². The molecular formula is C23H29Cl2N5O3. The highest BCUT2D eigenvalue weighted by molar-refractivity contribution is 6.42. The highest BCUT2D eigenvalue weighted by Crippen LogP contribution is 2.28. The molecule has 178 valence electrons. The molecule has 0 spiro atoms. The van der Waals surface area contributed by atoms with Crippen molar-refractivity contribution in [1.82, 2.24) is 18.7 Å². The summed E-state index contributed by atoms with van der Waals surface area (Å²) in [7, 11) is 3.33. The third-order valence-corrected chi connectivity index (χ3v) is 7.32. The van der Waals surface area contributed by atoms with Crippen LogP contribution in [0, 0.1) is 5.92 Å². The molecule has 1 atom stereocenters. The summed E-state index contributed by atoms with van der Waals surface area (Å²) in [6, 6.07) is 4.85. The fourth-order valence-corrected chi connectivity index (χ4v) is 5.04. The van der Waals surface area contributed by atoms with Crippen molar-refractivity contribution in [3.63, 3.8) is 0 Å². The number of anilines is 1. The number of fused-ring (bicyclic) bond motifs is 1. The number of rotatable bonds is 7. The number of hydrogen-bond acceptors (Lipinski definition) is 5. The van der Waals surface area contributed by atoms with E-state index < -0.39 is 11.2 Å². The number of nitrogens with zero attached hydrogens (tertiary/aromatic N) is 4. The van der Waals surface area contributed by atoms with Crippen molar-refractivity contribution in [2.75, 3.05) is 11.9 Å². The maximum absolute atomic E-state index is 13.3. The van der Waals surface area contributed by atoms with Crippen molar-refractivity contribution in [2.45, 2.75) is 51.1 Å². The number of aliphatic hydroxyl groups is 1. The SMILES string of the molecule is Cn1c(N[C@H](CO)CC2CCCCC2)nc2c1c(=O)n(Cc1ccc(Cl)c(Cl)c1)c(=O)n2C. The van der Waals surface area contributed by atoms with E-state index in [0.717, 1.165) is 6.42 Å². The molecule has 33 heavy (non-hydrogen) atoms. The topological polar surface area (TPSA) is 94.1 Å². The van der Waals surface area contributed by atoms with E-state index in [1.165, 1.54) is 41.2 Å². The highest BCUT2D eigenvalue weighted by Gasteiger charge is 2.23. The van der Waals surface area contributed by atoms with Gasteiger partial charge in [-0.05, 0) is 30.0 Å². The zero-order valence-electron chi connectivity index (χ0n) is 18.9. The molecule has 1 aromatic carbocycles. The molecule has 0 saturated heterocycles. The first-order chi connectivity index (χ1) is 15.8. The number of benzene rings is 1. The van der Waals surface area contributed by atoms with Crippen LogP contribution in [0.4, 0.5) is 5.95 Å². The summed E-state index contributed by atoms with van der Waals surface area (Å²) in [6.07, 6.45) is 6.94. The second-order valence-corrected chi connectivity index (χ2v) is 9.73. The molecule has 0 bridgehead atoms. The van der Waals surface area contributed by atoms with E-state index in [1.807, 2.05) is 0 Å². The molecule has 0 aliphatic heterocycles. The zero-order chi connectivity index (χ0) is 23.7. The van der Waals surface area contributed by atoms with E-state index in [-0.39, 0.29) is 19.2 Å². The van der Waals surface area contributed by atoms with Gasteiger partial charge in [0.1, 0.15) is 0 Å². The van der Waals surface area contributed by atoms with Crippen LogP contribution in [0.15, 0.2) is 27.8 Å². The Labute approximate surface area is 201 Å². The molecule has 2 N–H and O–H groups in total. The molecule has 0 unspecified atom stereocenters. The first kappa shape index (κ1) is 23.9. The van der Waals surface area contributed by atoms with Gasteiger partial charge in [0, 0.05) is 14.1 Å². The van der Waals surface area contributed by atoms with Gasteiger partial charge in [0.15, 0.2) is 11.2 Å². The van der Waals surface area contributed by atoms with Gasteiger partial charge in [-0.1, -0.05) is 61.4 Å². The summed E-state index contributed by atoms with van der Waals surface area (Å²) >= 11 is 12.1. The van der Waals surface area contributed by atoms with Gasteiger partial charge < -0.3 is 15.0 Å². The maximum atomic E-state index is 13.3. The third kappa shape index (κ3) is 4.83. The average molecular weight is 494 g/mol. The lowest BCUT2D eigenvalue weighted by molar-refractivity contribution is 0.236. The maximum Gasteiger partial charge on any atom is 0.332 e. The van der Waals surface area contributed by atoms with E-state index in [4.69, 9.17) is 23.2 Å². The largest absolute Gasteiger partial charge is 0.394 e. The van der Waals surface area contributed by atoms with Gasteiger partial charge in [0.2, 0.25) is 5.95 Å². The number of aryl methyl sites for hydroxylation is 2. The molecule has 4 rings (SSSR count). The molecule has 3 aromatic rings. The highest BCUT2D eigenvalue weighted by atomic mass is 35.5. The molecule has 1 aliphatic carbocycles. The van der Waals surface area contributed by atoms with Crippen LogP contribution in [-0.2, 0) is 20.6 Å². The lowest BCUT2D eigenvalue weighted by Crippen LogP contribution is -2.39. The molecule has 1 saturated carbocycles. The molecule has 1 fully saturated rings. The number of aromatic nitrogens is 4. The van der Waals surface area contributed by atoms with Crippen molar-refractivity contribution in [2.24, 2.45) is 20.0 Å². The van der Waals surface area contributed by atoms with Crippen LogP contribution in [0.5, 0.6) is 0 Å². The third-order valence-electron chi connectivity index (χ3n) is 6.58. The lowest BCUT2D eigenvalue weighted by Gasteiger charge is -2.26. The Morgan fingerprint density at radius 2 is 1.85 bits per heavy atom. The molecular weight excluding hydrogens is 465 g/mol. The Bertz CT molecular complexity index is 1270. The Kier molecular flexibility index (Phi) is 7.16. The monoisotopic (exact) mass is 493 g/mol. The van der Waals surface area contributed by atoms with Crippen molar-refractivity contribution < 1.29 is 5.11 Å². The second-order valence-electron chi connectivity index (χ2n) is 8.91. The number of nitrogens with one attached hydrogen (secondary N) is 1. The van der Waals surface area contributed by atoms with Gasteiger partial charge in [-0.2, -0.15) is 4.98 Å². The Morgan fingerprint density at radius 3 is 2.52 bits per heavy atom. The van der Waals surface area contributed by atoms with Gasteiger partial charge in [0.25, 0.3) is 5.56 Å². The minimum absolute atomic E-state index is 0.0276. The lowest BCUT2D eigenvalue weighted by atomic mass is 9.85. The van der Waals surface area contributed by atoms with E-state index in [9.17, 15) is 14.7 Å². The molecule has 10 heteroatoms.